The van der Waals surface area contributed by atoms with Crippen LogP contribution in [0.3, 0.4) is 0 Å². The first-order chi connectivity index (χ1) is 5.33. The van der Waals surface area contributed by atoms with Crippen molar-refractivity contribution >= 4 is 5.78 Å². The molecular formula is C8H18N2O2. The van der Waals surface area contributed by atoms with E-state index < -0.39 is 6.04 Å². The maximum atomic E-state index is 11.0. The first kappa shape index (κ1) is 11.6. The van der Waals surface area contributed by atoms with Gasteiger partial charge in [-0.15, -0.1) is 0 Å². The number of rotatable bonds is 4. The van der Waals surface area contributed by atoms with Gasteiger partial charge >= 0.3 is 0 Å². The molecule has 0 aliphatic rings. The van der Waals surface area contributed by atoms with E-state index in [1.165, 1.54) is 0 Å². The summed E-state index contributed by atoms with van der Waals surface area (Å²) in [6, 6.07) is -0.430. The molecule has 0 heterocycles. The van der Waals surface area contributed by atoms with Gasteiger partial charge in [-0.3, -0.25) is 9.63 Å². The van der Waals surface area contributed by atoms with E-state index >= 15 is 0 Å². The van der Waals surface area contributed by atoms with Gasteiger partial charge in [-0.1, -0.05) is 0 Å². The standard InChI is InChI=1S/C8H18N2O2/c1-6(9)7(11)5-10-12-8(2,3)4/h6,10H,5,9H2,1-4H3. The number of hydrogen-bond acceptors (Lipinski definition) is 4. The van der Waals surface area contributed by atoms with E-state index in [0.29, 0.717) is 0 Å². The van der Waals surface area contributed by atoms with Crippen molar-refractivity contribution in [3.8, 4) is 0 Å². The van der Waals surface area contributed by atoms with Crippen molar-refractivity contribution in [2.75, 3.05) is 6.54 Å². The Hall–Kier alpha value is -0.450. The lowest BCUT2D eigenvalue weighted by molar-refractivity contribution is -0.126. The molecule has 4 heteroatoms. The van der Waals surface area contributed by atoms with E-state index in [-0.39, 0.29) is 17.9 Å². The van der Waals surface area contributed by atoms with Crippen molar-refractivity contribution in [3.05, 3.63) is 0 Å². The van der Waals surface area contributed by atoms with E-state index in [1.807, 2.05) is 20.8 Å². The summed E-state index contributed by atoms with van der Waals surface area (Å²) in [4.78, 5) is 16.1. The molecule has 1 unspecified atom stereocenters. The largest absolute Gasteiger partial charge is 0.322 e. The summed E-state index contributed by atoms with van der Waals surface area (Å²) in [5.74, 6) is -0.0562. The summed E-state index contributed by atoms with van der Waals surface area (Å²) < 4.78 is 0. The number of carbonyl (C=O) groups excluding carboxylic acids is 1. The summed E-state index contributed by atoms with van der Waals surface area (Å²) in [6.07, 6.45) is 0. The molecule has 0 aliphatic carbocycles. The average Bonchev–Trinajstić information content (AvgIpc) is 1.84. The lowest BCUT2D eigenvalue weighted by atomic mass is 10.2. The molecule has 0 bridgehead atoms. The Balaban J connectivity index is 3.51. The Morgan fingerprint density at radius 3 is 2.42 bits per heavy atom. The van der Waals surface area contributed by atoms with Crippen LogP contribution in [0.5, 0.6) is 0 Å². The summed E-state index contributed by atoms with van der Waals surface area (Å²) in [5, 5.41) is 0. The molecule has 0 fully saturated rings. The fourth-order valence-corrected chi connectivity index (χ4v) is 0.485. The Morgan fingerprint density at radius 2 is 2.08 bits per heavy atom. The van der Waals surface area contributed by atoms with Gasteiger partial charge in [0.05, 0.1) is 18.2 Å². The van der Waals surface area contributed by atoms with Crippen LogP contribution in [0, 0.1) is 0 Å². The second kappa shape index (κ2) is 4.54. The first-order valence-electron chi connectivity index (χ1n) is 4.02. The van der Waals surface area contributed by atoms with Gasteiger partial charge in [0, 0.05) is 0 Å². The molecule has 0 aromatic carbocycles. The van der Waals surface area contributed by atoms with Crippen LogP contribution in [-0.2, 0) is 9.63 Å². The van der Waals surface area contributed by atoms with Crippen LogP contribution in [-0.4, -0.2) is 24.0 Å². The Bertz CT molecular complexity index is 150. The molecule has 0 aromatic heterocycles. The monoisotopic (exact) mass is 174 g/mol. The molecule has 0 rings (SSSR count). The molecule has 0 saturated heterocycles. The number of Topliss-reactive ketones (excluding diaryl/α,β-unsaturated/α-hetero) is 1. The molecule has 0 spiro atoms. The zero-order valence-electron chi connectivity index (χ0n) is 8.18. The number of hydrogen-bond donors (Lipinski definition) is 2. The van der Waals surface area contributed by atoms with Gasteiger partial charge in [0.25, 0.3) is 0 Å². The Morgan fingerprint density at radius 1 is 1.58 bits per heavy atom. The summed E-state index contributed by atoms with van der Waals surface area (Å²) in [6.45, 7) is 7.51. The number of ketones is 1. The molecule has 0 aromatic rings. The minimum Gasteiger partial charge on any atom is -0.322 e. The van der Waals surface area contributed by atoms with Gasteiger partial charge in [-0.2, -0.15) is 5.48 Å². The molecule has 0 amide bonds. The third kappa shape index (κ3) is 6.27. The van der Waals surface area contributed by atoms with Crippen molar-refractivity contribution in [1.29, 1.82) is 0 Å². The number of nitrogens with one attached hydrogen (secondary N) is 1. The third-order valence-electron chi connectivity index (χ3n) is 1.13. The topological polar surface area (TPSA) is 64.4 Å². The molecule has 3 N–H and O–H groups in total. The van der Waals surface area contributed by atoms with Gasteiger partial charge in [-0.25, -0.2) is 0 Å². The highest BCUT2D eigenvalue weighted by Gasteiger charge is 2.12. The molecule has 1 atom stereocenters. The van der Waals surface area contributed by atoms with Crippen LogP contribution < -0.4 is 11.2 Å². The molecule has 0 saturated carbocycles. The first-order valence-corrected chi connectivity index (χ1v) is 4.02. The fraction of sp³-hybridized carbons (Fsp3) is 0.875. The Labute approximate surface area is 73.4 Å². The third-order valence-corrected chi connectivity index (χ3v) is 1.13. The Kier molecular flexibility index (Phi) is 4.37. The van der Waals surface area contributed by atoms with Crippen molar-refractivity contribution in [1.82, 2.24) is 5.48 Å². The number of nitrogens with two attached hydrogens (primary N) is 1. The maximum Gasteiger partial charge on any atom is 0.165 e. The van der Waals surface area contributed by atoms with E-state index in [9.17, 15) is 4.79 Å². The second-order valence-corrected chi connectivity index (χ2v) is 3.79. The molecule has 0 aliphatic heterocycles. The number of hydroxylamine groups is 1. The summed E-state index contributed by atoms with van der Waals surface area (Å²) in [7, 11) is 0. The van der Waals surface area contributed by atoms with Crippen molar-refractivity contribution in [2.45, 2.75) is 39.3 Å². The van der Waals surface area contributed by atoms with Crippen LogP contribution in [0.1, 0.15) is 27.7 Å². The average molecular weight is 174 g/mol. The van der Waals surface area contributed by atoms with E-state index in [0.717, 1.165) is 0 Å². The number of carbonyl (C=O) groups is 1. The molecule has 72 valence electrons. The van der Waals surface area contributed by atoms with Gasteiger partial charge < -0.3 is 5.73 Å². The molecule has 4 nitrogen and oxygen atoms in total. The van der Waals surface area contributed by atoms with Crippen molar-refractivity contribution in [2.24, 2.45) is 5.73 Å². The highest BCUT2D eigenvalue weighted by atomic mass is 16.7. The normalized spacial score (nSPS) is 14.4. The minimum atomic E-state index is -0.430. The van der Waals surface area contributed by atoms with Gasteiger partial charge in [0.15, 0.2) is 5.78 Å². The van der Waals surface area contributed by atoms with Crippen molar-refractivity contribution < 1.29 is 9.63 Å². The molecular weight excluding hydrogens is 156 g/mol. The lowest BCUT2D eigenvalue weighted by Crippen LogP contribution is -2.38. The van der Waals surface area contributed by atoms with Crippen LogP contribution in [0.15, 0.2) is 0 Å². The van der Waals surface area contributed by atoms with Crippen LogP contribution in [0.2, 0.25) is 0 Å². The van der Waals surface area contributed by atoms with Gasteiger partial charge in [0.1, 0.15) is 0 Å². The maximum absolute atomic E-state index is 11.0. The zero-order chi connectivity index (χ0) is 9.78. The zero-order valence-corrected chi connectivity index (χ0v) is 8.18. The van der Waals surface area contributed by atoms with Crippen molar-refractivity contribution in [3.63, 3.8) is 0 Å². The lowest BCUT2D eigenvalue weighted by Gasteiger charge is -2.19. The van der Waals surface area contributed by atoms with Crippen LogP contribution in [0.4, 0.5) is 0 Å². The van der Waals surface area contributed by atoms with E-state index in [4.69, 9.17) is 10.6 Å². The SMILES string of the molecule is CC(N)C(=O)CNOC(C)(C)C. The molecule has 0 radical (unpaired) electrons. The van der Waals surface area contributed by atoms with Crippen LogP contribution in [0.25, 0.3) is 0 Å². The van der Waals surface area contributed by atoms with Crippen LogP contribution >= 0.6 is 0 Å². The predicted molar refractivity (Wildman–Crippen MR) is 47.5 cm³/mol. The molecule has 12 heavy (non-hydrogen) atoms. The minimum absolute atomic E-state index is 0.0562. The predicted octanol–water partition coefficient (Wildman–Crippen LogP) is 0.222. The second-order valence-electron chi connectivity index (χ2n) is 3.79. The van der Waals surface area contributed by atoms with E-state index in [2.05, 4.69) is 5.48 Å². The fourth-order valence-electron chi connectivity index (χ4n) is 0.485. The quantitative estimate of drug-likeness (QED) is 0.598. The highest BCUT2D eigenvalue weighted by molar-refractivity contribution is 5.85. The highest BCUT2D eigenvalue weighted by Crippen LogP contribution is 2.02. The van der Waals surface area contributed by atoms with Gasteiger partial charge in [-0.05, 0) is 27.7 Å². The van der Waals surface area contributed by atoms with Gasteiger partial charge in [0.2, 0.25) is 0 Å². The smallest absolute Gasteiger partial charge is 0.165 e. The summed E-state index contributed by atoms with van der Waals surface area (Å²) >= 11 is 0. The van der Waals surface area contributed by atoms with E-state index in [1.54, 1.807) is 6.92 Å². The summed E-state index contributed by atoms with van der Waals surface area (Å²) in [5.41, 5.74) is 7.64.